The van der Waals surface area contributed by atoms with E-state index in [1.54, 1.807) is 52.2 Å². The molecule has 0 aliphatic carbocycles. The van der Waals surface area contributed by atoms with E-state index in [2.05, 4.69) is 15.3 Å². The second-order valence-electron chi connectivity index (χ2n) is 4.44. The van der Waals surface area contributed by atoms with Gasteiger partial charge in [0.15, 0.2) is 0 Å². The summed E-state index contributed by atoms with van der Waals surface area (Å²) >= 11 is 0. The molecule has 1 N–H and O–H groups in total. The van der Waals surface area contributed by atoms with Crippen molar-refractivity contribution in [2.24, 2.45) is 5.10 Å². The molecule has 0 bridgehead atoms. The summed E-state index contributed by atoms with van der Waals surface area (Å²) in [6, 6.07) is 3.56. The van der Waals surface area contributed by atoms with Crippen molar-refractivity contribution in [2.75, 3.05) is 0 Å². The predicted molar refractivity (Wildman–Crippen MR) is 75.0 cm³/mol. The van der Waals surface area contributed by atoms with E-state index in [-0.39, 0.29) is 12.2 Å². The number of aromatic nitrogens is 1. The van der Waals surface area contributed by atoms with Gasteiger partial charge in [-0.2, -0.15) is 5.10 Å². The lowest BCUT2D eigenvalue weighted by Gasteiger charge is -2.21. The normalized spacial score (nSPS) is 12.5. The summed E-state index contributed by atoms with van der Waals surface area (Å²) in [7, 11) is -3.43. The molecule has 1 aromatic rings. The van der Waals surface area contributed by atoms with Crippen LogP contribution in [-0.2, 0) is 13.6 Å². The summed E-state index contributed by atoms with van der Waals surface area (Å²) in [5, 5.41) is 6.37. The number of hydrazone groups is 1. The fourth-order valence-electron chi connectivity index (χ4n) is 1.25. The Morgan fingerprint density at radius 3 is 2.21 bits per heavy atom. The average molecular weight is 285 g/mol. The zero-order valence-corrected chi connectivity index (χ0v) is 12.5. The van der Waals surface area contributed by atoms with Crippen molar-refractivity contribution in [1.82, 2.24) is 10.2 Å². The van der Waals surface area contributed by atoms with Crippen LogP contribution in [0.5, 0.6) is 0 Å². The van der Waals surface area contributed by atoms with Gasteiger partial charge in [-0.15, -0.1) is 0 Å². The standard InChI is InChI=1S/C12H20N3O3P/c1-10(2)17-19(16,18-11(3)4)15-14-9-12-5-7-13-8-6-12/h5-11H,1-4H3,(H,15,16)/b14-9+. The van der Waals surface area contributed by atoms with Gasteiger partial charge in [0.25, 0.3) is 0 Å². The summed E-state index contributed by atoms with van der Waals surface area (Å²) in [5.74, 6) is 0. The van der Waals surface area contributed by atoms with Gasteiger partial charge in [0, 0.05) is 12.4 Å². The van der Waals surface area contributed by atoms with Crippen LogP contribution in [0.15, 0.2) is 29.6 Å². The van der Waals surface area contributed by atoms with Crippen molar-refractivity contribution in [3.05, 3.63) is 30.1 Å². The molecule has 0 saturated carbocycles. The van der Waals surface area contributed by atoms with Crippen molar-refractivity contribution in [2.45, 2.75) is 39.9 Å². The lowest BCUT2D eigenvalue weighted by atomic mass is 10.3. The van der Waals surface area contributed by atoms with Crippen LogP contribution < -0.4 is 5.20 Å². The summed E-state index contributed by atoms with van der Waals surface area (Å²) in [5.41, 5.74) is 0.836. The zero-order chi connectivity index (χ0) is 14.3. The minimum atomic E-state index is -3.43. The molecule has 0 saturated heterocycles. The summed E-state index contributed by atoms with van der Waals surface area (Å²) in [6.07, 6.45) is 4.37. The smallest absolute Gasteiger partial charge is 0.289 e. The zero-order valence-electron chi connectivity index (χ0n) is 11.6. The molecule has 0 fully saturated rings. The van der Waals surface area contributed by atoms with Gasteiger partial charge in [0.05, 0.1) is 18.4 Å². The van der Waals surface area contributed by atoms with Crippen LogP contribution in [0.2, 0.25) is 0 Å². The molecular formula is C12H20N3O3P. The van der Waals surface area contributed by atoms with Gasteiger partial charge in [-0.05, 0) is 45.4 Å². The monoisotopic (exact) mass is 285 g/mol. The Labute approximate surface area is 113 Å². The van der Waals surface area contributed by atoms with Gasteiger partial charge < -0.3 is 0 Å². The van der Waals surface area contributed by atoms with Crippen LogP contribution in [0, 0.1) is 0 Å². The van der Waals surface area contributed by atoms with E-state index in [0.717, 1.165) is 5.56 Å². The Bertz CT molecular complexity index is 435. The highest BCUT2D eigenvalue weighted by Gasteiger charge is 2.27. The molecule has 1 rings (SSSR count). The second kappa shape index (κ2) is 7.38. The number of nitrogens with zero attached hydrogens (tertiary/aromatic N) is 2. The van der Waals surface area contributed by atoms with Crippen LogP contribution in [0.25, 0.3) is 0 Å². The number of nitrogens with one attached hydrogen (secondary N) is 1. The van der Waals surface area contributed by atoms with E-state index >= 15 is 0 Å². The van der Waals surface area contributed by atoms with Crippen LogP contribution in [0.4, 0.5) is 0 Å². The minimum absolute atomic E-state index is 0.229. The quantitative estimate of drug-likeness (QED) is 0.473. The third-order valence-electron chi connectivity index (χ3n) is 1.80. The van der Waals surface area contributed by atoms with Crippen molar-refractivity contribution < 1.29 is 13.6 Å². The molecule has 0 spiro atoms. The summed E-state index contributed by atoms with van der Waals surface area (Å²) in [6.45, 7) is 7.13. The Morgan fingerprint density at radius 2 is 1.74 bits per heavy atom. The molecule has 0 aliphatic rings. The van der Waals surface area contributed by atoms with E-state index in [1.165, 1.54) is 6.21 Å². The average Bonchev–Trinajstić information content (AvgIpc) is 2.27. The summed E-state index contributed by atoms with van der Waals surface area (Å²) in [4.78, 5) is 3.89. The van der Waals surface area contributed by atoms with Gasteiger partial charge in [-0.3, -0.25) is 14.0 Å². The van der Waals surface area contributed by atoms with E-state index in [9.17, 15) is 4.57 Å². The minimum Gasteiger partial charge on any atom is -0.289 e. The highest BCUT2D eigenvalue weighted by molar-refractivity contribution is 7.51. The second-order valence-corrected chi connectivity index (χ2v) is 6.06. The molecule has 7 heteroatoms. The largest absolute Gasteiger partial charge is 0.448 e. The van der Waals surface area contributed by atoms with Gasteiger partial charge >= 0.3 is 7.75 Å². The Kier molecular flexibility index (Phi) is 6.15. The molecular weight excluding hydrogens is 265 g/mol. The summed E-state index contributed by atoms with van der Waals surface area (Å²) < 4.78 is 22.9. The molecule has 0 radical (unpaired) electrons. The highest BCUT2D eigenvalue weighted by atomic mass is 31.2. The maximum atomic E-state index is 12.3. The van der Waals surface area contributed by atoms with Gasteiger partial charge in [0.1, 0.15) is 0 Å². The van der Waals surface area contributed by atoms with Crippen molar-refractivity contribution in [3.8, 4) is 0 Å². The Balaban J connectivity index is 2.68. The topological polar surface area (TPSA) is 72.8 Å². The first-order valence-electron chi connectivity index (χ1n) is 6.08. The molecule has 0 aliphatic heterocycles. The maximum Gasteiger partial charge on any atom is 0.448 e. The third-order valence-corrected chi connectivity index (χ3v) is 3.56. The number of rotatable bonds is 7. The highest BCUT2D eigenvalue weighted by Crippen LogP contribution is 2.46. The Morgan fingerprint density at radius 1 is 1.21 bits per heavy atom. The van der Waals surface area contributed by atoms with Crippen LogP contribution in [0.1, 0.15) is 33.3 Å². The number of pyridine rings is 1. The molecule has 6 nitrogen and oxygen atoms in total. The molecule has 1 heterocycles. The Hall–Kier alpha value is -1.23. The number of hydrogen-bond acceptors (Lipinski definition) is 5. The molecule has 0 aromatic carbocycles. The number of hydrogen-bond donors (Lipinski definition) is 1. The van der Waals surface area contributed by atoms with E-state index in [1.807, 2.05) is 0 Å². The first-order chi connectivity index (χ1) is 8.91. The fraction of sp³-hybridized carbons (Fsp3) is 0.500. The first-order valence-corrected chi connectivity index (χ1v) is 7.63. The lowest BCUT2D eigenvalue weighted by molar-refractivity contribution is 0.136. The molecule has 19 heavy (non-hydrogen) atoms. The SMILES string of the molecule is CC(C)OP(=O)(N/N=C/c1ccncc1)OC(C)C. The van der Waals surface area contributed by atoms with Crippen LogP contribution in [-0.4, -0.2) is 23.4 Å². The van der Waals surface area contributed by atoms with Crippen LogP contribution in [0.3, 0.4) is 0 Å². The van der Waals surface area contributed by atoms with Gasteiger partial charge in [-0.1, -0.05) is 0 Å². The van der Waals surface area contributed by atoms with Gasteiger partial charge in [-0.25, -0.2) is 9.76 Å². The predicted octanol–water partition coefficient (Wildman–Crippen LogP) is 2.96. The first kappa shape index (κ1) is 15.8. The van der Waals surface area contributed by atoms with E-state index in [0.29, 0.717) is 0 Å². The van der Waals surface area contributed by atoms with Crippen molar-refractivity contribution in [3.63, 3.8) is 0 Å². The van der Waals surface area contributed by atoms with Crippen LogP contribution >= 0.6 is 7.75 Å². The third kappa shape index (κ3) is 6.47. The molecule has 0 unspecified atom stereocenters. The lowest BCUT2D eigenvalue weighted by Crippen LogP contribution is -2.16. The molecule has 0 atom stereocenters. The molecule has 1 aromatic heterocycles. The van der Waals surface area contributed by atoms with E-state index < -0.39 is 7.75 Å². The van der Waals surface area contributed by atoms with Crippen molar-refractivity contribution >= 4 is 14.0 Å². The maximum absolute atomic E-state index is 12.3. The van der Waals surface area contributed by atoms with E-state index in [4.69, 9.17) is 9.05 Å². The molecule has 106 valence electrons. The fourth-order valence-corrected chi connectivity index (χ4v) is 2.70. The van der Waals surface area contributed by atoms with Gasteiger partial charge in [0.2, 0.25) is 0 Å². The van der Waals surface area contributed by atoms with Crippen molar-refractivity contribution in [1.29, 1.82) is 0 Å². The molecule has 0 amide bonds.